The lowest BCUT2D eigenvalue weighted by molar-refractivity contribution is -0.385. The Kier molecular flexibility index (Phi) is 7.29. The summed E-state index contributed by atoms with van der Waals surface area (Å²) >= 11 is 0. The number of ether oxygens (including phenoxy) is 1. The maximum atomic E-state index is 13.0. The molecular formula is C23H23N3O6S. The van der Waals surface area contributed by atoms with E-state index in [1.54, 1.807) is 19.2 Å². The third-order valence-corrected chi connectivity index (χ3v) is 6.14. The zero-order valence-corrected chi connectivity index (χ0v) is 18.9. The van der Waals surface area contributed by atoms with Gasteiger partial charge in [-0.05, 0) is 42.8 Å². The molecule has 0 atom stereocenters. The van der Waals surface area contributed by atoms with Crippen LogP contribution in [0.2, 0.25) is 0 Å². The Morgan fingerprint density at radius 3 is 2.52 bits per heavy atom. The van der Waals surface area contributed by atoms with Crippen LogP contribution in [0.25, 0.3) is 0 Å². The first-order chi connectivity index (χ1) is 15.7. The number of carbonyl (C=O) groups is 1. The van der Waals surface area contributed by atoms with Gasteiger partial charge in [-0.3, -0.25) is 19.6 Å². The summed E-state index contributed by atoms with van der Waals surface area (Å²) in [5, 5.41) is 11.0. The fourth-order valence-electron chi connectivity index (χ4n) is 3.04. The van der Waals surface area contributed by atoms with Crippen LogP contribution in [0.15, 0.2) is 77.7 Å². The van der Waals surface area contributed by atoms with Gasteiger partial charge >= 0.3 is 0 Å². The predicted molar refractivity (Wildman–Crippen MR) is 124 cm³/mol. The number of para-hydroxylation sites is 1. The summed E-state index contributed by atoms with van der Waals surface area (Å²) in [4.78, 5) is 24.4. The molecule has 0 aromatic heterocycles. The van der Waals surface area contributed by atoms with Crippen molar-refractivity contribution in [2.75, 3.05) is 24.9 Å². The van der Waals surface area contributed by atoms with Crippen molar-refractivity contribution in [1.82, 2.24) is 4.90 Å². The molecular weight excluding hydrogens is 446 g/mol. The van der Waals surface area contributed by atoms with Crippen LogP contribution in [-0.2, 0) is 10.0 Å². The molecule has 0 saturated heterocycles. The smallest absolute Gasteiger partial charge is 0.270 e. The third kappa shape index (κ3) is 6.07. The molecule has 10 heteroatoms. The first-order valence-electron chi connectivity index (χ1n) is 9.98. The molecule has 33 heavy (non-hydrogen) atoms. The summed E-state index contributed by atoms with van der Waals surface area (Å²) in [6, 6.07) is 18.4. The van der Waals surface area contributed by atoms with E-state index in [1.165, 1.54) is 35.2 Å². The number of sulfonamides is 1. The van der Waals surface area contributed by atoms with Crippen molar-refractivity contribution in [3.8, 4) is 5.75 Å². The van der Waals surface area contributed by atoms with E-state index in [9.17, 15) is 23.3 Å². The molecule has 0 aliphatic heterocycles. The summed E-state index contributed by atoms with van der Waals surface area (Å²) in [6.07, 6.45) is 0. The molecule has 1 N–H and O–H groups in total. The molecule has 0 aliphatic rings. The lowest BCUT2D eigenvalue weighted by Gasteiger charge is -2.20. The largest absolute Gasteiger partial charge is 0.492 e. The molecule has 0 spiro atoms. The molecule has 0 radical (unpaired) electrons. The zero-order valence-electron chi connectivity index (χ0n) is 18.1. The Morgan fingerprint density at radius 1 is 1.06 bits per heavy atom. The minimum Gasteiger partial charge on any atom is -0.492 e. The third-order valence-electron chi connectivity index (χ3n) is 4.77. The van der Waals surface area contributed by atoms with E-state index in [1.807, 2.05) is 31.2 Å². The van der Waals surface area contributed by atoms with Gasteiger partial charge in [-0.25, -0.2) is 8.42 Å². The fraction of sp³-hybridized carbons (Fsp3) is 0.174. The fourth-order valence-corrected chi connectivity index (χ4v) is 4.16. The number of nitro benzene ring substituents is 1. The molecule has 0 fully saturated rings. The number of hydrogen-bond acceptors (Lipinski definition) is 6. The van der Waals surface area contributed by atoms with E-state index in [0.29, 0.717) is 5.75 Å². The molecule has 0 bridgehead atoms. The number of non-ortho nitro benzene ring substituents is 1. The van der Waals surface area contributed by atoms with Crippen LogP contribution in [-0.4, -0.2) is 44.3 Å². The number of hydrogen-bond donors (Lipinski definition) is 1. The second kappa shape index (κ2) is 10.1. The molecule has 3 aromatic carbocycles. The number of benzene rings is 3. The minimum absolute atomic E-state index is 0.0699. The van der Waals surface area contributed by atoms with E-state index in [-0.39, 0.29) is 35.0 Å². The molecule has 0 unspecified atom stereocenters. The van der Waals surface area contributed by atoms with Gasteiger partial charge in [0.1, 0.15) is 12.4 Å². The van der Waals surface area contributed by atoms with Crippen molar-refractivity contribution in [3.63, 3.8) is 0 Å². The van der Waals surface area contributed by atoms with Gasteiger partial charge < -0.3 is 9.64 Å². The minimum atomic E-state index is -4.16. The van der Waals surface area contributed by atoms with Crippen LogP contribution >= 0.6 is 0 Å². The monoisotopic (exact) mass is 469 g/mol. The average molecular weight is 470 g/mol. The SMILES string of the molecule is Cc1cccc(OCCN(C)C(=O)c2ccccc2NS(=O)(=O)c2cccc([N+](=O)[O-])c2)c1. The van der Waals surface area contributed by atoms with Crippen LogP contribution in [0.4, 0.5) is 11.4 Å². The van der Waals surface area contributed by atoms with Crippen LogP contribution in [0.3, 0.4) is 0 Å². The second-order valence-corrected chi connectivity index (χ2v) is 8.98. The number of amides is 1. The predicted octanol–water partition coefficient (Wildman–Crippen LogP) is 3.86. The van der Waals surface area contributed by atoms with Crippen LogP contribution in [0.1, 0.15) is 15.9 Å². The van der Waals surface area contributed by atoms with Crippen molar-refractivity contribution < 1.29 is 22.9 Å². The summed E-state index contributed by atoms with van der Waals surface area (Å²) in [7, 11) is -2.57. The number of rotatable bonds is 9. The van der Waals surface area contributed by atoms with Crippen molar-refractivity contribution >= 4 is 27.3 Å². The first-order valence-corrected chi connectivity index (χ1v) is 11.5. The maximum absolute atomic E-state index is 13.0. The van der Waals surface area contributed by atoms with Gasteiger partial charge in [0.05, 0.1) is 27.6 Å². The Bertz CT molecular complexity index is 1280. The van der Waals surface area contributed by atoms with Crippen LogP contribution in [0, 0.1) is 17.0 Å². The number of nitrogens with one attached hydrogen (secondary N) is 1. The number of nitrogens with zero attached hydrogens (tertiary/aromatic N) is 2. The van der Waals surface area contributed by atoms with Gasteiger partial charge in [-0.2, -0.15) is 0 Å². The number of aryl methyl sites for hydroxylation is 1. The van der Waals surface area contributed by atoms with Crippen LogP contribution < -0.4 is 9.46 Å². The van der Waals surface area contributed by atoms with Crippen LogP contribution in [0.5, 0.6) is 5.75 Å². The van der Waals surface area contributed by atoms with Gasteiger partial charge in [-0.15, -0.1) is 0 Å². The highest BCUT2D eigenvalue weighted by Crippen LogP contribution is 2.23. The lowest BCUT2D eigenvalue weighted by atomic mass is 10.1. The molecule has 3 aromatic rings. The molecule has 0 aliphatic carbocycles. The molecule has 1 amide bonds. The van der Waals surface area contributed by atoms with Crippen molar-refractivity contribution in [3.05, 3.63) is 94.0 Å². The van der Waals surface area contributed by atoms with Crippen molar-refractivity contribution in [2.24, 2.45) is 0 Å². The highest BCUT2D eigenvalue weighted by atomic mass is 32.2. The zero-order chi connectivity index (χ0) is 24.0. The summed E-state index contributed by atoms with van der Waals surface area (Å²) < 4.78 is 33.6. The number of likely N-dealkylation sites (N-methyl/N-ethyl adjacent to an activating group) is 1. The van der Waals surface area contributed by atoms with Crippen molar-refractivity contribution in [2.45, 2.75) is 11.8 Å². The lowest BCUT2D eigenvalue weighted by Crippen LogP contribution is -2.31. The number of carbonyl (C=O) groups excluding carboxylic acids is 1. The Morgan fingerprint density at radius 2 is 1.79 bits per heavy atom. The van der Waals surface area contributed by atoms with Gasteiger partial charge in [0.25, 0.3) is 21.6 Å². The standard InChI is InChI=1S/C23H23N3O6S/c1-17-7-5-9-19(15-17)32-14-13-25(2)23(27)21-11-3-4-12-22(21)24-33(30,31)20-10-6-8-18(16-20)26(28)29/h3-12,15-16,24H,13-14H2,1-2H3. The Hall–Kier alpha value is -3.92. The molecule has 3 rings (SSSR count). The van der Waals surface area contributed by atoms with Gasteiger partial charge in [0.2, 0.25) is 0 Å². The van der Waals surface area contributed by atoms with E-state index < -0.39 is 20.9 Å². The van der Waals surface area contributed by atoms with Crippen molar-refractivity contribution in [1.29, 1.82) is 0 Å². The summed E-state index contributed by atoms with van der Waals surface area (Å²) in [5.74, 6) is 0.293. The van der Waals surface area contributed by atoms with E-state index in [0.717, 1.165) is 11.6 Å². The topological polar surface area (TPSA) is 119 Å². The number of anilines is 1. The highest BCUT2D eigenvalue weighted by molar-refractivity contribution is 7.92. The van der Waals surface area contributed by atoms with Gasteiger partial charge in [0.15, 0.2) is 0 Å². The molecule has 9 nitrogen and oxygen atoms in total. The Balaban J connectivity index is 1.73. The Labute approximate surface area is 191 Å². The second-order valence-electron chi connectivity index (χ2n) is 7.30. The highest BCUT2D eigenvalue weighted by Gasteiger charge is 2.22. The summed E-state index contributed by atoms with van der Waals surface area (Å²) in [6.45, 7) is 2.49. The molecule has 172 valence electrons. The molecule has 0 heterocycles. The quantitative estimate of drug-likeness (QED) is 0.376. The normalized spacial score (nSPS) is 11.0. The average Bonchev–Trinajstić information content (AvgIpc) is 2.79. The van der Waals surface area contributed by atoms with Gasteiger partial charge in [-0.1, -0.05) is 30.3 Å². The maximum Gasteiger partial charge on any atom is 0.270 e. The molecule has 0 saturated carbocycles. The van der Waals surface area contributed by atoms with E-state index in [4.69, 9.17) is 4.74 Å². The summed E-state index contributed by atoms with van der Waals surface area (Å²) in [5.41, 5.74) is 0.919. The van der Waals surface area contributed by atoms with Gasteiger partial charge in [0, 0.05) is 19.2 Å². The first kappa shape index (κ1) is 23.7. The van der Waals surface area contributed by atoms with E-state index >= 15 is 0 Å². The number of nitro groups is 1. The van der Waals surface area contributed by atoms with E-state index in [2.05, 4.69) is 4.72 Å².